The predicted molar refractivity (Wildman–Crippen MR) is 67.6 cm³/mol. The van der Waals surface area contributed by atoms with Crippen molar-refractivity contribution in [2.75, 3.05) is 23.3 Å². The molecule has 0 unspecified atom stereocenters. The van der Waals surface area contributed by atoms with Crippen molar-refractivity contribution in [3.63, 3.8) is 0 Å². The van der Waals surface area contributed by atoms with E-state index in [9.17, 15) is 4.39 Å². The van der Waals surface area contributed by atoms with E-state index in [0.29, 0.717) is 10.5 Å². The van der Waals surface area contributed by atoms with Crippen LogP contribution < -0.4 is 10.2 Å². The second-order valence-corrected chi connectivity index (χ2v) is 5.34. The summed E-state index contributed by atoms with van der Waals surface area (Å²) in [6.45, 7) is 2.00. The van der Waals surface area contributed by atoms with Gasteiger partial charge in [0.1, 0.15) is 5.82 Å². The number of nitrogens with zero attached hydrogens (tertiary/aromatic N) is 1. The molecule has 1 aliphatic carbocycles. The molecule has 1 heterocycles. The molecule has 0 spiro atoms. The molecule has 4 heteroatoms. The minimum Gasteiger partial charge on any atom is -0.383 e. The molecule has 0 radical (unpaired) electrons. The Morgan fingerprint density at radius 1 is 1.38 bits per heavy atom. The Kier molecular flexibility index (Phi) is 2.54. The van der Waals surface area contributed by atoms with Gasteiger partial charge in [-0.25, -0.2) is 4.39 Å². The van der Waals surface area contributed by atoms with Gasteiger partial charge in [-0.2, -0.15) is 0 Å². The standard InChI is InChI=1S/C12H14BrFN2/c13-9-6-12-11(7-10(9)14)15-4-1-5-16(12)8-2-3-8/h6-8,15H,1-5H2. The lowest BCUT2D eigenvalue weighted by Gasteiger charge is -2.24. The Balaban J connectivity index is 2.05. The van der Waals surface area contributed by atoms with Crippen LogP contribution >= 0.6 is 15.9 Å². The molecule has 2 aliphatic rings. The highest BCUT2D eigenvalue weighted by Crippen LogP contribution is 2.39. The largest absolute Gasteiger partial charge is 0.383 e. The lowest BCUT2D eigenvalue weighted by molar-refractivity contribution is 0.621. The van der Waals surface area contributed by atoms with E-state index in [1.807, 2.05) is 6.07 Å². The highest BCUT2D eigenvalue weighted by Gasteiger charge is 2.31. The van der Waals surface area contributed by atoms with Crippen molar-refractivity contribution in [3.8, 4) is 0 Å². The number of nitrogens with one attached hydrogen (secondary N) is 1. The zero-order valence-electron chi connectivity index (χ0n) is 8.97. The van der Waals surface area contributed by atoms with Gasteiger partial charge >= 0.3 is 0 Å². The van der Waals surface area contributed by atoms with Crippen LogP contribution in [0.3, 0.4) is 0 Å². The summed E-state index contributed by atoms with van der Waals surface area (Å²) < 4.78 is 14.0. The fourth-order valence-electron chi connectivity index (χ4n) is 2.27. The van der Waals surface area contributed by atoms with Crippen molar-refractivity contribution in [1.29, 1.82) is 0 Å². The average Bonchev–Trinajstić information content (AvgIpc) is 3.05. The fraction of sp³-hybridized carbons (Fsp3) is 0.500. The number of anilines is 2. The van der Waals surface area contributed by atoms with Crippen LogP contribution in [0.2, 0.25) is 0 Å². The van der Waals surface area contributed by atoms with E-state index in [2.05, 4.69) is 26.1 Å². The number of hydrogen-bond donors (Lipinski definition) is 1. The van der Waals surface area contributed by atoms with Gasteiger partial charge in [0.2, 0.25) is 0 Å². The van der Waals surface area contributed by atoms with E-state index in [4.69, 9.17) is 0 Å². The molecule has 0 saturated heterocycles. The van der Waals surface area contributed by atoms with Gasteiger partial charge < -0.3 is 10.2 Å². The van der Waals surface area contributed by atoms with E-state index >= 15 is 0 Å². The summed E-state index contributed by atoms with van der Waals surface area (Å²) in [5, 5.41) is 3.30. The van der Waals surface area contributed by atoms with Crippen molar-refractivity contribution >= 4 is 27.3 Å². The summed E-state index contributed by atoms with van der Waals surface area (Å²) >= 11 is 3.27. The monoisotopic (exact) mass is 284 g/mol. The molecule has 2 nitrogen and oxygen atoms in total. The first kappa shape index (κ1) is 10.4. The molecule has 3 rings (SSSR count). The van der Waals surface area contributed by atoms with Crippen LogP contribution in [-0.2, 0) is 0 Å². The van der Waals surface area contributed by atoms with Crippen molar-refractivity contribution in [3.05, 3.63) is 22.4 Å². The lowest BCUT2D eigenvalue weighted by atomic mass is 10.2. The Morgan fingerprint density at radius 2 is 2.19 bits per heavy atom. The fourth-order valence-corrected chi connectivity index (χ4v) is 2.61. The van der Waals surface area contributed by atoms with Gasteiger partial charge in [-0.3, -0.25) is 0 Å². The van der Waals surface area contributed by atoms with Crippen molar-refractivity contribution < 1.29 is 4.39 Å². The molecule has 1 fully saturated rings. The quantitative estimate of drug-likeness (QED) is 0.851. The topological polar surface area (TPSA) is 15.3 Å². The summed E-state index contributed by atoms with van der Waals surface area (Å²) in [6.07, 6.45) is 3.66. The molecule has 0 amide bonds. The third-order valence-corrected chi connectivity index (χ3v) is 3.83. The summed E-state index contributed by atoms with van der Waals surface area (Å²) in [5.41, 5.74) is 2.08. The van der Waals surface area contributed by atoms with Gasteiger partial charge in [-0.15, -0.1) is 0 Å². The van der Waals surface area contributed by atoms with Gasteiger partial charge in [-0.1, -0.05) is 0 Å². The smallest absolute Gasteiger partial charge is 0.139 e. The number of halogens is 2. The van der Waals surface area contributed by atoms with Crippen LogP contribution in [0, 0.1) is 5.82 Å². The first-order chi connectivity index (χ1) is 7.75. The number of hydrogen-bond acceptors (Lipinski definition) is 2. The Morgan fingerprint density at radius 3 is 2.94 bits per heavy atom. The molecule has 1 aromatic rings. The highest BCUT2D eigenvalue weighted by atomic mass is 79.9. The molecule has 1 aliphatic heterocycles. The molecule has 0 atom stereocenters. The summed E-state index contributed by atoms with van der Waals surface area (Å²) in [4.78, 5) is 2.42. The van der Waals surface area contributed by atoms with E-state index in [1.54, 1.807) is 6.07 Å². The van der Waals surface area contributed by atoms with E-state index < -0.39 is 0 Å². The van der Waals surface area contributed by atoms with Gasteiger partial charge in [0.15, 0.2) is 0 Å². The van der Waals surface area contributed by atoms with Gasteiger partial charge in [-0.05, 0) is 41.3 Å². The summed E-state index contributed by atoms with van der Waals surface area (Å²) in [6, 6.07) is 4.18. The van der Waals surface area contributed by atoms with Gasteiger partial charge in [0, 0.05) is 25.2 Å². The molecule has 16 heavy (non-hydrogen) atoms. The zero-order valence-corrected chi connectivity index (χ0v) is 10.6. The normalized spacial score (nSPS) is 20.0. The third kappa shape index (κ3) is 1.79. The van der Waals surface area contributed by atoms with Gasteiger partial charge in [0.05, 0.1) is 15.8 Å². The average molecular weight is 285 g/mol. The van der Waals surface area contributed by atoms with Crippen LogP contribution in [-0.4, -0.2) is 19.1 Å². The van der Waals surface area contributed by atoms with Crippen molar-refractivity contribution in [2.24, 2.45) is 0 Å². The van der Waals surface area contributed by atoms with Crippen LogP contribution in [0.1, 0.15) is 19.3 Å². The molecule has 86 valence electrons. The highest BCUT2D eigenvalue weighted by molar-refractivity contribution is 9.10. The number of benzene rings is 1. The molecule has 1 N–H and O–H groups in total. The summed E-state index contributed by atoms with van der Waals surface area (Å²) in [7, 11) is 0. The minimum atomic E-state index is -0.191. The minimum absolute atomic E-state index is 0.191. The van der Waals surface area contributed by atoms with Gasteiger partial charge in [0.25, 0.3) is 0 Å². The van der Waals surface area contributed by atoms with Crippen LogP contribution in [0.4, 0.5) is 15.8 Å². The second kappa shape index (κ2) is 3.91. The first-order valence-corrected chi connectivity index (χ1v) is 6.54. The Bertz CT molecular complexity index is 418. The van der Waals surface area contributed by atoms with E-state index in [1.165, 1.54) is 12.8 Å². The maximum Gasteiger partial charge on any atom is 0.139 e. The lowest BCUT2D eigenvalue weighted by Crippen LogP contribution is -2.26. The molecule has 0 aromatic heterocycles. The maximum absolute atomic E-state index is 13.5. The Labute approximate surface area is 103 Å². The zero-order chi connectivity index (χ0) is 11.1. The third-order valence-electron chi connectivity index (χ3n) is 3.23. The molecule has 1 aromatic carbocycles. The van der Waals surface area contributed by atoms with E-state index in [-0.39, 0.29) is 5.82 Å². The van der Waals surface area contributed by atoms with E-state index in [0.717, 1.165) is 30.9 Å². The molecular formula is C12H14BrFN2. The van der Waals surface area contributed by atoms with Crippen molar-refractivity contribution in [1.82, 2.24) is 0 Å². The number of fused-ring (bicyclic) bond motifs is 1. The molecule has 1 saturated carbocycles. The molecule has 0 bridgehead atoms. The van der Waals surface area contributed by atoms with Crippen molar-refractivity contribution in [2.45, 2.75) is 25.3 Å². The first-order valence-electron chi connectivity index (χ1n) is 5.75. The SMILES string of the molecule is Fc1cc2c(cc1Br)N(C1CC1)CCCN2. The Hall–Kier alpha value is -0.770. The molecular weight excluding hydrogens is 271 g/mol. The number of rotatable bonds is 1. The maximum atomic E-state index is 13.5. The van der Waals surface area contributed by atoms with Crippen LogP contribution in [0.5, 0.6) is 0 Å². The van der Waals surface area contributed by atoms with Crippen LogP contribution in [0.25, 0.3) is 0 Å². The van der Waals surface area contributed by atoms with Crippen LogP contribution in [0.15, 0.2) is 16.6 Å². The predicted octanol–water partition coefficient (Wildman–Crippen LogP) is 3.37. The summed E-state index contributed by atoms with van der Waals surface area (Å²) in [5.74, 6) is -0.191. The second-order valence-electron chi connectivity index (χ2n) is 4.49.